The first-order valence-corrected chi connectivity index (χ1v) is 10.1. The van der Waals surface area contributed by atoms with E-state index < -0.39 is 11.6 Å². The van der Waals surface area contributed by atoms with Crippen LogP contribution in [0.2, 0.25) is 0 Å². The number of benzene rings is 1. The Morgan fingerprint density at radius 2 is 1.90 bits per heavy atom. The number of anilines is 1. The summed E-state index contributed by atoms with van der Waals surface area (Å²) in [5.41, 5.74) is 1.96. The summed E-state index contributed by atoms with van der Waals surface area (Å²) in [6.07, 6.45) is 1.51. The molecule has 2 N–H and O–H groups in total. The van der Waals surface area contributed by atoms with E-state index in [9.17, 15) is 13.6 Å². The number of amides is 1. The largest absolute Gasteiger partial charge is 0.387 e. The summed E-state index contributed by atoms with van der Waals surface area (Å²) in [5.74, 6) is -2.35. The zero-order valence-electron chi connectivity index (χ0n) is 17.5. The van der Waals surface area contributed by atoms with E-state index in [1.165, 1.54) is 6.20 Å². The standard InChI is InChI=1S/C21H23F2N7O/c1-4-29(5-2)9-8-25-21(31)17-18(24-3)12-6-7-26-28-19(12)30-16-11-14(23)13(22)10-15(16)27-20(17)30/h6-7,10-11,24H,4-5,8-9H2,1-3H3,(H,25,31). The molecule has 31 heavy (non-hydrogen) atoms. The van der Waals surface area contributed by atoms with Gasteiger partial charge >= 0.3 is 0 Å². The Morgan fingerprint density at radius 3 is 2.61 bits per heavy atom. The second kappa shape index (κ2) is 8.38. The van der Waals surface area contributed by atoms with Crippen LogP contribution < -0.4 is 10.6 Å². The number of nitrogens with zero attached hydrogens (tertiary/aromatic N) is 5. The van der Waals surface area contributed by atoms with Crippen LogP contribution in [-0.4, -0.2) is 63.6 Å². The summed E-state index contributed by atoms with van der Waals surface area (Å²) in [5, 5.41) is 14.7. The average Bonchev–Trinajstić information content (AvgIpc) is 3.13. The van der Waals surface area contributed by atoms with Gasteiger partial charge in [-0.3, -0.25) is 9.20 Å². The minimum absolute atomic E-state index is 0.219. The molecule has 0 saturated heterocycles. The lowest BCUT2D eigenvalue weighted by Gasteiger charge is -2.19. The van der Waals surface area contributed by atoms with Crippen LogP contribution in [0, 0.1) is 11.6 Å². The molecule has 0 radical (unpaired) electrons. The molecule has 4 aromatic rings. The average molecular weight is 427 g/mol. The van der Waals surface area contributed by atoms with Crippen LogP contribution in [0.4, 0.5) is 14.5 Å². The lowest BCUT2D eigenvalue weighted by atomic mass is 10.1. The number of carbonyl (C=O) groups excluding carboxylic acids is 1. The van der Waals surface area contributed by atoms with Crippen LogP contribution in [0.1, 0.15) is 24.2 Å². The van der Waals surface area contributed by atoms with Crippen LogP contribution in [0.25, 0.3) is 27.7 Å². The van der Waals surface area contributed by atoms with Crippen LogP contribution in [0.5, 0.6) is 0 Å². The number of nitrogens with one attached hydrogen (secondary N) is 2. The number of pyridine rings is 1. The van der Waals surface area contributed by atoms with E-state index in [1.807, 2.05) is 0 Å². The molecule has 0 bridgehead atoms. The summed E-state index contributed by atoms with van der Waals surface area (Å²) in [6, 6.07) is 3.78. The highest BCUT2D eigenvalue weighted by Gasteiger charge is 2.24. The van der Waals surface area contributed by atoms with Crippen LogP contribution >= 0.6 is 0 Å². The van der Waals surface area contributed by atoms with Gasteiger partial charge in [0.15, 0.2) is 22.9 Å². The molecule has 0 aliphatic carbocycles. The number of carbonyl (C=O) groups is 1. The number of fused-ring (bicyclic) bond motifs is 5. The molecule has 3 aromatic heterocycles. The molecule has 3 heterocycles. The van der Waals surface area contributed by atoms with Gasteiger partial charge in [0.2, 0.25) is 0 Å². The van der Waals surface area contributed by atoms with E-state index in [0.717, 1.165) is 25.2 Å². The van der Waals surface area contributed by atoms with Crippen molar-refractivity contribution in [2.45, 2.75) is 13.8 Å². The third kappa shape index (κ3) is 3.52. The fourth-order valence-corrected chi connectivity index (χ4v) is 3.82. The van der Waals surface area contributed by atoms with Crippen molar-refractivity contribution in [3.8, 4) is 0 Å². The minimum atomic E-state index is -1.01. The Morgan fingerprint density at radius 1 is 1.16 bits per heavy atom. The second-order valence-corrected chi connectivity index (χ2v) is 7.08. The number of aromatic nitrogens is 4. The first-order chi connectivity index (χ1) is 15.0. The van der Waals surface area contributed by atoms with Gasteiger partial charge in [-0.15, -0.1) is 5.10 Å². The number of rotatable bonds is 7. The van der Waals surface area contributed by atoms with Crippen molar-refractivity contribution in [2.24, 2.45) is 0 Å². The predicted octanol–water partition coefficient (Wildman–Crippen LogP) is 2.82. The van der Waals surface area contributed by atoms with Gasteiger partial charge in [0.25, 0.3) is 5.91 Å². The van der Waals surface area contributed by atoms with E-state index in [2.05, 4.69) is 44.6 Å². The van der Waals surface area contributed by atoms with Gasteiger partial charge in [-0.25, -0.2) is 13.8 Å². The second-order valence-electron chi connectivity index (χ2n) is 7.08. The van der Waals surface area contributed by atoms with Gasteiger partial charge in [-0.05, 0) is 19.2 Å². The number of likely N-dealkylation sites (N-methyl/N-ethyl adjacent to an activating group) is 1. The summed E-state index contributed by atoms with van der Waals surface area (Å²) in [7, 11) is 1.69. The first-order valence-electron chi connectivity index (χ1n) is 10.1. The lowest BCUT2D eigenvalue weighted by Crippen LogP contribution is -2.35. The fraction of sp³-hybridized carbons (Fsp3) is 0.333. The quantitative estimate of drug-likeness (QED) is 0.472. The van der Waals surface area contributed by atoms with E-state index in [-0.39, 0.29) is 22.6 Å². The fourth-order valence-electron chi connectivity index (χ4n) is 3.82. The van der Waals surface area contributed by atoms with Crippen LogP contribution in [0.3, 0.4) is 0 Å². The first kappa shape index (κ1) is 20.9. The molecule has 0 unspecified atom stereocenters. The van der Waals surface area contributed by atoms with Crippen LogP contribution in [-0.2, 0) is 0 Å². The van der Waals surface area contributed by atoms with Crippen molar-refractivity contribution in [3.63, 3.8) is 0 Å². The lowest BCUT2D eigenvalue weighted by molar-refractivity contribution is 0.0951. The van der Waals surface area contributed by atoms with E-state index in [1.54, 1.807) is 17.5 Å². The van der Waals surface area contributed by atoms with Gasteiger partial charge in [-0.1, -0.05) is 13.8 Å². The number of imidazole rings is 1. The highest BCUT2D eigenvalue weighted by molar-refractivity contribution is 6.13. The molecule has 4 rings (SSSR count). The van der Waals surface area contributed by atoms with E-state index in [4.69, 9.17) is 0 Å². The Hall–Kier alpha value is -3.40. The molecular formula is C21H23F2N7O. The van der Waals surface area contributed by atoms with Gasteiger partial charge < -0.3 is 15.5 Å². The molecule has 162 valence electrons. The third-order valence-corrected chi connectivity index (χ3v) is 5.44. The van der Waals surface area contributed by atoms with Gasteiger partial charge in [0.1, 0.15) is 5.56 Å². The van der Waals surface area contributed by atoms with E-state index >= 15 is 0 Å². The monoisotopic (exact) mass is 427 g/mol. The van der Waals surface area contributed by atoms with Crippen molar-refractivity contribution in [3.05, 3.63) is 41.6 Å². The van der Waals surface area contributed by atoms with Crippen molar-refractivity contribution in [1.82, 2.24) is 29.8 Å². The topological polar surface area (TPSA) is 87.5 Å². The summed E-state index contributed by atoms with van der Waals surface area (Å²) >= 11 is 0. The summed E-state index contributed by atoms with van der Waals surface area (Å²) in [4.78, 5) is 19.9. The smallest absolute Gasteiger partial charge is 0.257 e. The van der Waals surface area contributed by atoms with Crippen molar-refractivity contribution in [1.29, 1.82) is 0 Å². The number of hydrogen-bond acceptors (Lipinski definition) is 6. The minimum Gasteiger partial charge on any atom is -0.387 e. The number of hydrogen-bond donors (Lipinski definition) is 2. The Labute approximate surface area is 177 Å². The Kier molecular flexibility index (Phi) is 5.64. The molecule has 0 aliphatic rings. The van der Waals surface area contributed by atoms with Gasteiger partial charge in [-0.2, -0.15) is 5.10 Å². The molecule has 1 aromatic carbocycles. The maximum absolute atomic E-state index is 14.0. The van der Waals surface area contributed by atoms with Crippen LogP contribution in [0.15, 0.2) is 24.4 Å². The van der Waals surface area contributed by atoms with E-state index in [0.29, 0.717) is 35.3 Å². The SMILES string of the molecule is CCN(CC)CCNC(=O)c1c(NC)c2ccnnc2n2c1nc1cc(F)c(F)cc12. The molecule has 0 saturated carbocycles. The Bertz CT molecular complexity index is 1280. The molecule has 8 nitrogen and oxygen atoms in total. The van der Waals surface area contributed by atoms with Crippen molar-refractivity contribution < 1.29 is 13.6 Å². The molecule has 1 amide bonds. The third-order valence-electron chi connectivity index (χ3n) is 5.44. The molecular weight excluding hydrogens is 404 g/mol. The maximum atomic E-state index is 14.0. The molecule has 0 aliphatic heterocycles. The molecule has 0 atom stereocenters. The highest BCUT2D eigenvalue weighted by Crippen LogP contribution is 2.33. The Balaban J connectivity index is 1.93. The zero-order valence-corrected chi connectivity index (χ0v) is 17.5. The van der Waals surface area contributed by atoms with Crippen molar-refractivity contribution >= 4 is 39.3 Å². The molecule has 10 heteroatoms. The van der Waals surface area contributed by atoms with Crippen molar-refractivity contribution in [2.75, 3.05) is 38.5 Å². The van der Waals surface area contributed by atoms with Gasteiger partial charge in [0, 0.05) is 37.7 Å². The summed E-state index contributed by atoms with van der Waals surface area (Å²) in [6.45, 7) is 7.05. The predicted molar refractivity (Wildman–Crippen MR) is 115 cm³/mol. The maximum Gasteiger partial charge on any atom is 0.257 e. The normalized spacial score (nSPS) is 11.7. The molecule has 0 fully saturated rings. The van der Waals surface area contributed by atoms with Gasteiger partial charge in [0.05, 0.1) is 22.9 Å². The summed E-state index contributed by atoms with van der Waals surface area (Å²) < 4.78 is 29.4. The number of halogens is 2. The highest BCUT2D eigenvalue weighted by atomic mass is 19.2. The zero-order chi connectivity index (χ0) is 22.1. The molecule has 0 spiro atoms.